The van der Waals surface area contributed by atoms with Gasteiger partial charge in [-0.05, 0) is 17.7 Å². The highest BCUT2D eigenvalue weighted by atomic mass is 32.2. The molecule has 3 rings (SSSR count). The summed E-state index contributed by atoms with van der Waals surface area (Å²) in [7, 11) is 2.63. The summed E-state index contributed by atoms with van der Waals surface area (Å²) in [6, 6.07) is 1.000. The number of imide groups is 1. The number of β-lactam (4-membered cyclic amide) rings is 1. The molecule has 7 amide bonds. The molecule has 2 heterocycles. The van der Waals surface area contributed by atoms with Gasteiger partial charge in [-0.25, -0.2) is 19.2 Å². The third-order valence-corrected chi connectivity index (χ3v) is 6.69. The summed E-state index contributed by atoms with van der Waals surface area (Å²) < 4.78 is 4.92. The molecule has 0 spiro atoms. The van der Waals surface area contributed by atoms with Crippen molar-refractivity contribution in [3.05, 3.63) is 41.1 Å². The lowest BCUT2D eigenvalue weighted by atomic mass is 10.0. The van der Waals surface area contributed by atoms with Crippen LogP contribution in [-0.4, -0.2) is 88.9 Å². The molecule has 7 N–H and O–H groups in total. The molecule has 0 radical (unpaired) electrons. The SMILES string of the molecule is CNC(=O)NC(=O)NC(C(=O)NC1C(=O)N2C(C(=O)O)=C(COC(=O)NC)CS[C@@H]12)c1ccc(O)cc1. The number of hydrogen-bond donors (Lipinski definition) is 7. The summed E-state index contributed by atoms with van der Waals surface area (Å²) in [6.45, 7) is -0.338. The largest absolute Gasteiger partial charge is 0.508 e. The number of urea groups is 2. The Hall–Kier alpha value is -4.47. The maximum atomic E-state index is 13.1. The summed E-state index contributed by atoms with van der Waals surface area (Å²) in [5.41, 5.74) is 0.119. The summed E-state index contributed by atoms with van der Waals surface area (Å²) in [5.74, 6) is -2.89. The Morgan fingerprint density at radius 2 is 1.78 bits per heavy atom. The Morgan fingerprint density at radius 3 is 2.38 bits per heavy atom. The highest BCUT2D eigenvalue weighted by molar-refractivity contribution is 8.00. The molecule has 1 aromatic rings. The van der Waals surface area contributed by atoms with Crippen LogP contribution >= 0.6 is 11.8 Å². The number of hydrogen-bond acceptors (Lipinski definition) is 9. The topological polar surface area (TPSA) is 215 Å². The van der Waals surface area contributed by atoms with E-state index in [1.54, 1.807) is 0 Å². The zero-order valence-electron chi connectivity index (χ0n) is 19.6. The van der Waals surface area contributed by atoms with E-state index in [4.69, 9.17) is 4.74 Å². The molecular weight excluding hydrogens is 512 g/mol. The van der Waals surface area contributed by atoms with Gasteiger partial charge < -0.3 is 36.2 Å². The van der Waals surface area contributed by atoms with Gasteiger partial charge in [0, 0.05) is 25.4 Å². The second kappa shape index (κ2) is 11.5. The number of benzene rings is 1. The van der Waals surface area contributed by atoms with Crippen molar-refractivity contribution >= 4 is 47.7 Å². The van der Waals surface area contributed by atoms with Crippen LogP contribution in [0, 0.1) is 0 Å². The Bertz CT molecular complexity index is 1160. The van der Waals surface area contributed by atoms with Gasteiger partial charge in [0.05, 0.1) is 0 Å². The predicted octanol–water partition coefficient (Wildman–Crippen LogP) is -0.833. The van der Waals surface area contributed by atoms with Crippen molar-refractivity contribution in [2.45, 2.75) is 17.5 Å². The minimum Gasteiger partial charge on any atom is -0.508 e. The molecule has 1 saturated heterocycles. The van der Waals surface area contributed by atoms with Crippen molar-refractivity contribution in [3.8, 4) is 5.75 Å². The standard InChI is InChI=1S/C21H24N6O9S/c1-22-19(33)26-20(34)25-12(9-3-5-11(28)6-4-9)15(29)24-13-16(30)27-14(18(31)32)10(8-37-17(13)27)7-36-21(35)23-2/h3-6,12-13,17,28H,7-8H2,1-2H3,(H,23,35)(H,24,29)(H,31,32)(H3,22,25,26,33,34)/t12?,13?,17-/m0/s1. The Balaban J connectivity index is 1.77. The van der Waals surface area contributed by atoms with Gasteiger partial charge in [-0.2, -0.15) is 0 Å². The molecule has 37 heavy (non-hydrogen) atoms. The second-order valence-electron chi connectivity index (χ2n) is 7.68. The third kappa shape index (κ3) is 6.03. The van der Waals surface area contributed by atoms with E-state index in [9.17, 15) is 39.0 Å². The van der Waals surface area contributed by atoms with Crippen LogP contribution in [0.4, 0.5) is 14.4 Å². The lowest BCUT2D eigenvalue weighted by molar-refractivity contribution is -0.151. The van der Waals surface area contributed by atoms with Crippen LogP contribution < -0.4 is 26.6 Å². The van der Waals surface area contributed by atoms with Crippen LogP contribution in [0.5, 0.6) is 5.75 Å². The fourth-order valence-electron chi connectivity index (χ4n) is 3.56. The molecule has 198 valence electrons. The number of rotatable bonds is 7. The van der Waals surface area contributed by atoms with E-state index in [0.717, 1.165) is 16.7 Å². The zero-order valence-corrected chi connectivity index (χ0v) is 20.4. The van der Waals surface area contributed by atoms with E-state index < -0.39 is 53.4 Å². The summed E-state index contributed by atoms with van der Waals surface area (Å²) >= 11 is 1.16. The number of nitrogens with zero attached hydrogens (tertiary/aromatic N) is 1. The number of alkyl carbamates (subject to hydrolysis) is 1. The average molecular weight is 537 g/mol. The van der Waals surface area contributed by atoms with Gasteiger partial charge in [-0.3, -0.25) is 19.8 Å². The quantitative estimate of drug-likeness (QED) is 0.215. The number of thioether (sulfide) groups is 1. The highest BCUT2D eigenvalue weighted by Crippen LogP contribution is 2.40. The molecule has 0 aromatic heterocycles. The number of phenolic OH excluding ortho intramolecular Hbond substituents is 1. The van der Waals surface area contributed by atoms with Crippen LogP contribution in [-0.2, 0) is 19.1 Å². The number of amides is 7. The first kappa shape index (κ1) is 27.1. The van der Waals surface area contributed by atoms with Gasteiger partial charge in [0.1, 0.15) is 35.5 Å². The Morgan fingerprint density at radius 1 is 1.11 bits per heavy atom. The van der Waals surface area contributed by atoms with Gasteiger partial charge in [-0.1, -0.05) is 12.1 Å². The maximum absolute atomic E-state index is 13.1. The number of carboxylic acid groups (broad SMARTS) is 1. The van der Waals surface area contributed by atoms with E-state index in [-0.39, 0.29) is 34.9 Å². The summed E-state index contributed by atoms with van der Waals surface area (Å²) in [5, 5.41) is 29.7. The first-order chi connectivity index (χ1) is 17.6. The first-order valence-electron chi connectivity index (χ1n) is 10.7. The molecule has 16 heteroatoms. The minimum absolute atomic E-state index is 0.0923. The molecule has 2 unspecified atom stereocenters. The number of carbonyl (C=O) groups is 6. The smallest absolute Gasteiger partial charge is 0.407 e. The van der Waals surface area contributed by atoms with Crippen LogP contribution in [0.15, 0.2) is 35.5 Å². The minimum atomic E-state index is -1.39. The fourth-order valence-corrected chi connectivity index (χ4v) is 4.88. The van der Waals surface area contributed by atoms with Gasteiger partial charge in [0.25, 0.3) is 5.91 Å². The highest BCUT2D eigenvalue weighted by Gasteiger charge is 2.54. The molecule has 0 bridgehead atoms. The third-order valence-electron chi connectivity index (χ3n) is 5.35. The lowest BCUT2D eigenvalue weighted by Crippen LogP contribution is -2.71. The van der Waals surface area contributed by atoms with Crippen LogP contribution in [0.1, 0.15) is 11.6 Å². The maximum Gasteiger partial charge on any atom is 0.407 e. The predicted molar refractivity (Wildman–Crippen MR) is 127 cm³/mol. The molecule has 0 saturated carbocycles. The van der Waals surface area contributed by atoms with Crippen LogP contribution in [0.3, 0.4) is 0 Å². The Kier molecular flexibility index (Phi) is 8.44. The van der Waals surface area contributed by atoms with E-state index in [0.29, 0.717) is 0 Å². The number of carbonyl (C=O) groups excluding carboxylic acids is 5. The second-order valence-corrected chi connectivity index (χ2v) is 8.79. The molecule has 1 fully saturated rings. The van der Waals surface area contributed by atoms with Gasteiger partial charge >= 0.3 is 24.1 Å². The van der Waals surface area contributed by atoms with Gasteiger partial charge in [-0.15, -0.1) is 11.8 Å². The normalized spacial score (nSPS) is 19.0. The van der Waals surface area contributed by atoms with Crippen molar-refractivity contribution in [2.75, 3.05) is 26.5 Å². The number of aromatic hydroxyl groups is 1. The van der Waals surface area contributed by atoms with E-state index >= 15 is 0 Å². The van der Waals surface area contributed by atoms with E-state index in [1.807, 2.05) is 5.32 Å². The van der Waals surface area contributed by atoms with Gasteiger partial charge in [0.2, 0.25) is 5.91 Å². The number of fused-ring (bicyclic) bond motifs is 1. The number of ether oxygens (including phenoxy) is 1. The fraction of sp³-hybridized carbons (Fsp3) is 0.333. The van der Waals surface area contributed by atoms with Crippen molar-refractivity contribution in [3.63, 3.8) is 0 Å². The van der Waals surface area contributed by atoms with Crippen molar-refractivity contribution in [1.29, 1.82) is 0 Å². The molecule has 15 nitrogen and oxygen atoms in total. The molecule has 0 aliphatic carbocycles. The molecule has 3 atom stereocenters. The summed E-state index contributed by atoms with van der Waals surface area (Å²) in [6.07, 6.45) is -0.766. The number of phenols is 1. The molecular formula is C21H24N6O9S. The summed E-state index contributed by atoms with van der Waals surface area (Å²) in [4.78, 5) is 74.0. The monoisotopic (exact) mass is 536 g/mol. The van der Waals surface area contributed by atoms with Crippen LogP contribution in [0.25, 0.3) is 0 Å². The zero-order chi connectivity index (χ0) is 27.3. The number of carboxylic acids is 1. The van der Waals surface area contributed by atoms with Gasteiger partial charge in [0.15, 0.2) is 0 Å². The van der Waals surface area contributed by atoms with E-state index in [2.05, 4.69) is 21.3 Å². The Labute approximate surface area is 214 Å². The average Bonchev–Trinajstić information content (AvgIpc) is 2.88. The number of aliphatic carboxylic acids is 1. The van der Waals surface area contributed by atoms with Crippen molar-refractivity contribution < 1.29 is 43.7 Å². The molecule has 2 aliphatic rings. The van der Waals surface area contributed by atoms with Crippen LogP contribution in [0.2, 0.25) is 0 Å². The molecule has 2 aliphatic heterocycles. The van der Waals surface area contributed by atoms with Crippen molar-refractivity contribution in [2.24, 2.45) is 0 Å². The van der Waals surface area contributed by atoms with Crippen molar-refractivity contribution in [1.82, 2.24) is 31.5 Å². The number of nitrogens with one attached hydrogen (secondary N) is 5. The lowest BCUT2D eigenvalue weighted by Gasteiger charge is -2.49. The molecule has 1 aromatic carbocycles. The van der Waals surface area contributed by atoms with E-state index in [1.165, 1.54) is 38.4 Å². The first-order valence-corrected chi connectivity index (χ1v) is 11.7.